The number of esters is 1. The Hall–Kier alpha value is -2.22. The van der Waals surface area contributed by atoms with Crippen LogP contribution in [0.5, 0.6) is 0 Å². The topological polar surface area (TPSA) is 79.3 Å². The number of carbonyl (C=O) groups excluding carboxylic acids is 1. The number of methoxy groups -OCH3 is 1. The number of hydrogen-bond donors (Lipinski definition) is 1. The lowest BCUT2D eigenvalue weighted by atomic mass is 10.1. The van der Waals surface area contributed by atoms with Crippen molar-refractivity contribution < 1.29 is 9.53 Å². The number of nitrogens with two attached hydrogens (primary N) is 1. The molecule has 1 aromatic rings. The SMILES string of the molecule is COC(=O)c1cc(N(CCC#N)CC(C)C)cc(C)c1N. The molecule has 0 atom stereocenters. The second-order valence-electron chi connectivity index (χ2n) is 5.46. The van der Waals surface area contributed by atoms with E-state index in [0.717, 1.165) is 17.8 Å². The Morgan fingerprint density at radius 3 is 2.67 bits per heavy atom. The van der Waals surface area contributed by atoms with Crippen molar-refractivity contribution in [2.75, 3.05) is 30.8 Å². The van der Waals surface area contributed by atoms with E-state index in [1.807, 2.05) is 13.0 Å². The maximum atomic E-state index is 11.8. The molecule has 0 unspecified atom stereocenters. The van der Waals surface area contributed by atoms with E-state index in [9.17, 15) is 4.79 Å². The van der Waals surface area contributed by atoms with Gasteiger partial charge in [-0.1, -0.05) is 13.8 Å². The van der Waals surface area contributed by atoms with Crippen molar-refractivity contribution in [1.29, 1.82) is 5.26 Å². The lowest BCUT2D eigenvalue weighted by Gasteiger charge is -2.27. The minimum atomic E-state index is -0.442. The molecule has 1 rings (SSSR count). The van der Waals surface area contributed by atoms with Gasteiger partial charge in [0.05, 0.1) is 25.2 Å². The number of anilines is 2. The molecule has 0 heterocycles. The normalized spacial score (nSPS) is 10.3. The predicted octanol–water partition coefficient (Wildman–Crippen LogP) is 2.74. The zero-order chi connectivity index (χ0) is 16.0. The number of carbonyl (C=O) groups is 1. The molecule has 0 aliphatic rings. The van der Waals surface area contributed by atoms with E-state index >= 15 is 0 Å². The minimum Gasteiger partial charge on any atom is -0.465 e. The number of hydrogen-bond acceptors (Lipinski definition) is 5. The number of rotatable bonds is 6. The molecule has 0 aliphatic heterocycles. The summed E-state index contributed by atoms with van der Waals surface area (Å²) in [6, 6.07) is 5.85. The van der Waals surface area contributed by atoms with E-state index in [1.165, 1.54) is 7.11 Å². The van der Waals surface area contributed by atoms with E-state index < -0.39 is 5.97 Å². The average Bonchev–Trinajstić information content (AvgIpc) is 2.45. The Balaban J connectivity index is 3.21. The summed E-state index contributed by atoms with van der Waals surface area (Å²) in [5.74, 6) is 0.00496. The fourth-order valence-electron chi connectivity index (χ4n) is 2.19. The van der Waals surface area contributed by atoms with Gasteiger partial charge in [0, 0.05) is 24.5 Å². The molecule has 0 saturated heterocycles. The standard InChI is InChI=1S/C16H23N3O2/c1-11(2)10-19(7-5-6-17)13-8-12(3)15(18)14(9-13)16(20)21-4/h8-9,11H,5,7,10,18H2,1-4H3. The van der Waals surface area contributed by atoms with Gasteiger partial charge in [-0.2, -0.15) is 5.26 Å². The van der Waals surface area contributed by atoms with Crippen molar-refractivity contribution in [1.82, 2.24) is 0 Å². The molecule has 0 aliphatic carbocycles. The Morgan fingerprint density at radius 1 is 1.48 bits per heavy atom. The Labute approximate surface area is 126 Å². The molecule has 0 bridgehead atoms. The highest BCUT2D eigenvalue weighted by atomic mass is 16.5. The minimum absolute atomic E-state index is 0.373. The fraction of sp³-hybridized carbons (Fsp3) is 0.500. The van der Waals surface area contributed by atoms with Gasteiger partial charge in [-0.15, -0.1) is 0 Å². The number of nitriles is 1. The Morgan fingerprint density at radius 2 is 2.14 bits per heavy atom. The van der Waals surface area contributed by atoms with Gasteiger partial charge < -0.3 is 15.4 Å². The molecular formula is C16H23N3O2. The molecule has 2 N–H and O–H groups in total. The zero-order valence-corrected chi connectivity index (χ0v) is 13.1. The first kappa shape index (κ1) is 16.8. The number of nitrogens with zero attached hydrogens (tertiary/aromatic N) is 2. The average molecular weight is 289 g/mol. The molecule has 21 heavy (non-hydrogen) atoms. The molecule has 0 amide bonds. The summed E-state index contributed by atoms with van der Waals surface area (Å²) < 4.78 is 4.78. The van der Waals surface area contributed by atoms with Crippen LogP contribution in [0.15, 0.2) is 12.1 Å². The van der Waals surface area contributed by atoms with Gasteiger partial charge in [0.15, 0.2) is 0 Å². The molecule has 0 radical (unpaired) electrons. The summed E-state index contributed by atoms with van der Waals surface area (Å²) in [6.45, 7) is 7.53. The molecule has 0 spiro atoms. The van der Waals surface area contributed by atoms with E-state index in [-0.39, 0.29) is 0 Å². The predicted molar refractivity (Wildman–Crippen MR) is 84.2 cm³/mol. The zero-order valence-electron chi connectivity index (χ0n) is 13.1. The third-order valence-electron chi connectivity index (χ3n) is 3.22. The third kappa shape index (κ3) is 4.38. The highest BCUT2D eigenvalue weighted by Crippen LogP contribution is 2.27. The highest BCUT2D eigenvalue weighted by Gasteiger charge is 2.17. The number of ether oxygens (including phenoxy) is 1. The quantitative estimate of drug-likeness (QED) is 0.643. The molecular weight excluding hydrogens is 266 g/mol. The van der Waals surface area contributed by atoms with Gasteiger partial charge in [-0.3, -0.25) is 0 Å². The summed E-state index contributed by atoms with van der Waals surface area (Å²) >= 11 is 0. The maximum absolute atomic E-state index is 11.8. The van der Waals surface area contributed by atoms with Crippen LogP contribution in [0.25, 0.3) is 0 Å². The van der Waals surface area contributed by atoms with Gasteiger partial charge >= 0.3 is 5.97 Å². The summed E-state index contributed by atoms with van der Waals surface area (Å²) in [6.07, 6.45) is 0.434. The van der Waals surface area contributed by atoms with Crippen molar-refractivity contribution in [3.8, 4) is 6.07 Å². The first-order valence-corrected chi connectivity index (χ1v) is 7.01. The lowest BCUT2D eigenvalue weighted by Crippen LogP contribution is -2.29. The Bertz CT molecular complexity index is 547. The van der Waals surface area contributed by atoms with E-state index in [1.54, 1.807) is 6.07 Å². The van der Waals surface area contributed by atoms with E-state index in [2.05, 4.69) is 24.8 Å². The van der Waals surface area contributed by atoms with Gasteiger partial charge in [-0.05, 0) is 30.5 Å². The van der Waals surface area contributed by atoms with Crippen molar-refractivity contribution in [3.63, 3.8) is 0 Å². The van der Waals surface area contributed by atoms with Crippen LogP contribution in [-0.4, -0.2) is 26.2 Å². The van der Waals surface area contributed by atoms with Crippen LogP contribution in [-0.2, 0) is 4.74 Å². The lowest BCUT2D eigenvalue weighted by molar-refractivity contribution is 0.0602. The molecule has 1 aromatic carbocycles. The largest absolute Gasteiger partial charge is 0.465 e. The van der Waals surface area contributed by atoms with Crippen LogP contribution in [0.4, 0.5) is 11.4 Å². The third-order valence-corrected chi connectivity index (χ3v) is 3.22. The molecule has 5 heteroatoms. The molecule has 5 nitrogen and oxygen atoms in total. The maximum Gasteiger partial charge on any atom is 0.340 e. The van der Waals surface area contributed by atoms with Crippen molar-refractivity contribution in [2.24, 2.45) is 5.92 Å². The molecule has 0 saturated carbocycles. The van der Waals surface area contributed by atoms with E-state index in [0.29, 0.717) is 30.1 Å². The summed E-state index contributed by atoms with van der Waals surface area (Å²) in [5, 5.41) is 8.80. The smallest absolute Gasteiger partial charge is 0.340 e. The summed E-state index contributed by atoms with van der Waals surface area (Å²) in [4.78, 5) is 13.9. The first-order valence-electron chi connectivity index (χ1n) is 7.01. The van der Waals surface area contributed by atoms with Crippen LogP contribution in [0.3, 0.4) is 0 Å². The molecule has 0 aromatic heterocycles. The second-order valence-corrected chi connectivity index (χ2v) is 5.46. The first-order chi connectivity index (χ1) is 9.90. The van der Waals surface area contributed by atoms with Gasteiger partial charge in [0.2, 0.25) is 0 Å². The van der Waals surface area contributed by atoms with Crippen molar-refractivity contribution in [3.05, 3.63) is 23.3 Å². The summed E-state index contributed by atoms with van der Waals surface area (Å²) in [7, 11) is 1.34. The van der Waals surface area contributed by atoms with Crippen LogP contribution >= 0.6 is 0 Å². The Kier molecular flexibility index (Phi) is 6.04. The van der Waals surface area contributed by atoms with Gasteiger partial charge in [0.1, 0.15) is 0 Å². The number of aryl methyl sites for hydroxylation is 1. The second kappa shape index (κ2) is 7.53. The van der Waals surface area contributed by atoms with Crippen molar-refractivity contribution in [2.45, 2.75) is 27.2 Å². The van der Waals surface area contributed by atoms with Gasteiger partial charge in [-0.25, -0.2) is 4.79 Å². The van der Waals surface area contributed by atoms with Crippen molar-refractivity contribution >= 4 is 17.3 Å². The highest BCUT2D eigenvalue weighted by molar-refractivity contribution is 5.97. The molecule has 114 valence electrons. The fourth-order valence-corrected chi connectivity index (χ4v) is 2.19. The van der Waals surface area contributed by atoms with E-state index in [4.69, 9.17) is 15.7 Å². The number of benzene rings is 1. The van der Waals surface area contributed by atoms with Gasteiger partial charge in [0.25, 0.3) is 0 Å². The summed E-state index contributed by atoms with van der Waals surface area (Å²) in [5.41, 5.74) is 8.50. The van der Waals surface area contributed by atoms with Crippen LogP contribution in [0, 0.1) is 24.2 Å². The number of nitrogen functional groups attached to an aromatic ring is 1. The molecule has 0 fully saturated rings. The van der Waals surface area contributed by atoms with Crippen LogP contribution < -0.4 is 10.6 Å². The van der Waals surface area contributed by atoms with Crippen LogP contribution in [0.1, 0.15) is 36.2 Å². The monoisotopic (exact) mass is 289 g/mol. The van der Waals surface area contributed by atoms with Crippen LogP contribution in [0.2, 0.25) is 0 Å².